The average molecular weight is 266 g/mol. The first-order valence-electron chi connectivity index (χ1n) is 5.66. The molecule has 0 saturated carbocycles. The Morgan fingerprint density at radius 3 is 2.89 bits per heavy atom. The van der Waals surface area contributed by atoms with E-state index in [2.05, 4.69) is 4.74 Å². The van der Waals surface area contributed by atoms with Gasteiger partial charge in [-0.3, -0.25) is 9.59 Å². The van der Waals surface area contributed by atoms with E-state index in [-0.39, 0.29) is 5.92 Å². The van der Waals surface area contributed by atoms with Crippen LogP contribution in [0.3, 0.4) is 0 Å². The Morgan fingerprint density at radius 1 is 1.50 bits per heavy atom. The SMILES string of the molecule is COC(=O)C(CC1CSc2ccccc21)C(=O)O. The number of rotatable bonds is 4. The Hall–Kier alpha value is -1.49. The average Bonchev–Trinajstić information content (AvgIpc) is 2.78. The molecule has 0 saturated heterocycles. The largest absolute Gasteiger partial charge is 0.481 e. The third-order valence-corrected chi connectivity index (χ3v) is 4.35. The number of fused-ring (bicyclic) bond motifs is 1. The van der Waals surface area contributed by atoms with Gasteiger partial charge in [0, 0.05) is 10.6 Å². The molecule has 18 heavy (non-hydrogen) atoms. The van der Waals surface area contributed by atoms with Crippen molar-refractivity contribution < 1.29 is 19.4 Å². The number of ether oxygens (including phenoxy) is 1. The third-order valence-electron chi connectivity index (χ3n) is 3.10. The van der Waals surface area contributed by atoms with Gasteiger partial charge in [-0.15, -0.1) is 11.8 Å². The molecule has 0 fully saturated rings. The summed E-state index contributed by atoms with van der Waals surface area (Å²) in [6.07, 6.45) is 0.298. The smallest absolute Gasteiger partial charge is 0.320 e. The standard InChI is InChI=1S/C13H14O4S/c1-17-13(16)10(12(14)15)6-8-7-18-11-5-3-2-4-9(8)11/h2-5,8,10H,6-7H2,1H3,(H,14,15). The summed E-state index contributed by atoms with van der Waals surface area (Å²) in [5.74, 6) is -1.94. The molecule has 1 aromatic rings. The normalized spacial score (nSPS) is 19.1. The molecular weight excluding hydrogens is 252 g/mol. The highest BCUT2D eigenvalue weighted by Crippen LogP contribution is 2.42. The number of carboxylic acids is 1. The molecule has 2 unspecified atom stereocenters. The monoisotopic (exact) mass is 266 g/mol. The first kappa shape index (κ1) is 13.0. The molecular formula is C13H14O4S. The summed E-state index contributed by atoms with van der Waals surface area (Å²) < 4.78 is 4.55. The van der Waals surface area contributed by atoms with Crippen molar-refractivity contribution in [2.24, 2.45) is 5.92 Å². The number of benzene rings is 1. The van der Waals surface area contributed by atoms with E-state index in [4.69, 9.17) is 5.11 Å². The maximum Gasteiger partial charge on any atom is 0.320 e. The lowest BCUT2D eigenvalue weighted by molar-refractivity contribution is -0.157. The summed E-state index contributed by atoms with van der Waals surface area (Å²) in [5, 5.41) is 9.08. The van der Waals surface area contributed by atoms with Crippen LogP contribution in [0.25, 0.3) is 0 Å². The number of carboxylic acid groups (broad SMARTS) is 1. The van der Waals surface area contributed by atoms with Crippen LogP contribution >= 0.6 is 11.8 Å². The third kappa shape index (κ3) is 2.51. The second-order valence-electron chi connectivity index (χ2n) is 4.20. The van der Waals surface area contributed by atoms with Crippen LogP contribution in [0.2, 0.25) is 0 Å². The van der Waals surface area contributed by atoms with Crippen LogP contribution in [0.4, 0.5) is 0 Å². The van der Waals surface area contributed by atoms with E-state index in [0.717, 1.165) is 11.3 Å². The molecule has 1 aliphatic rings. The summed E-state index contributed by atoms with van der Waals surface area (Å²) in [5.41, 5.74) is 1.14. The van der Waals surface area contributed by atoms with Crippen molar-refractivity contribution in [3.05, 3.63) is 29.8 Å². The van der Waals surface area contributed by atoms with Crippen molar-refractivity contribution in [3.63, 3.8) is 0 Å². The summed E-state index contributed by atoms with van der Waals surface area (Å²) in [6.45, 7) is 0. The lowest BCUT2D eigenvalue weighted by Crippen LogP contribution is -2.27. The van der Waals surface area contributed by atoms with Crippen molar-refractivity contribution in [2.45, 2.75) is 17.2 Å². The molecule has 0 amide bonds. The topological polar surface area (TPSA) is 63.6 Å². The zero-order valence-corrected chi connectivity index (χ0v) is 10.8. The van der Waals surface area contributed by atoms with E-state index in [9.17, 15) is 9.59 Å². The Labute approximate surface area is 109 Å². The van der Waals surface area contributed by atoms with Gasteiger partial charge in [-0.05, 0) is 24.0 Å². The number of methoxy groups -OCH3 is 1. The maximum atomic E-state index is 11.4. The fourth-order valence-electron chi connectivity index (χ4n) is 2.15. The molecule has 4 nitrogen and oxygen atoms in total. The molecule has 2 rings (SSSR count). The van der Waals surface area contributed by atoms with E-state index in [1.54, 1.807) is 11.8 Å². The van der Waals surface area contributed by atoms with Crippen molar-refractivity contribution in [3.8, 4) is 0 Å². The van der Waals surface area contributed by atoms with Gasteiger partial charge in [0.2, 0.25) is 0 Å². The first-order chi connectivity index (χ1) is 8.63. The van der Waals surface area contributed by atoms with E-state index in [1.807, 2.05) is 24.3 Å². The Morgan fingerprint density at radius 2 is 2.22 bits per heavy atom. The molecule has 1 aromatic carbocycles. The van der Waals surface area contributed by atoms with Gasteiger partial charge in [-0.2, -0.15) is 0 Å². The van der Waals surface area contributed by atoms with Gasteiger partial charge in [-0.1, -0.05) is 18.2 Å². The minimum Gasteiger partial charge on any atom is -0.481 e. The highest BCUT2D eigenvalue weighted by atomic mass is 32.2. The zero-order chi connectivity index (χ0) is 13.1. The molecule has 2 atom stereocenters. The molecule has 0 bridgehead atoms. The van der Waals surface area contributed by atoms with Crippen LogP contribution in [0.5, 0.6) is 0 Å². The molecule has 0 aliphatic carbocycles. The van der Waals surface area contributed by atoms with Crippen LogP contribution in [-0.2, 0) is 14.3 Å². The van der Waals surface area contributed by atoms with Crippen molar-refractivity contribution in [1.29, 1.82) is 0 Å². The fraction of sp³-hybridized carbons (Fsp3) is 0.385. The number of aliphatic carboxylic acids is 1. The van der Waals surface area contributed by atoms with Crippen molar-refractivity contribution in [1.82, 2.24) is 0 Å². The number of thioether (sulfide) groups is 1. The molecule has 1 aliphatic heterocycles. The van der Waals surface area contributed by atoms with Gasteiger partial charge in [-0.25, -0.2) is 0 Å². The number of carbonyl (C=O) groups is 2. The highest BCUT2D eigenvalue weighted by molar-refractivity contribution is 7.99. The molecule has 96 valence electrons. The molecule has 5 heteroatoms. The van der Waals surface area contributed by atoms with Gasteiger partial charge in [0.1, 0.15) is 0 Å². The Balaban J connectivity index is 2.15. The number of esters is 1. The minimum atomic E-state index is -1.11. The number of hydrogen-bond acceptors (Lipinski definition) is 4. The summed E-state index contributed by atoms with van der Waals surface area (Å²) in [4.78, 5) is 23.7. The molecule has 1 heterocycles. The van der Waals surface area contributed by atoms with Gasteiger partial charge in [0.25, 0.3) is 0 Å². The van der Waals surface area contributed by atoms with Gasteiger partial charge in [0.05, 0.1) is 7.11 Å². The quantitative estimate of drug-likeness (QED) is 0.668. The van der Waals surface area contributed by atoms with Gasteiger partial charge in [0.15, 0.2) is 5.92 Å². The predicted molar refractivity (Wildman–Crippen MR) is 67.7 cm³/mol. The van der Waals surface area contributed by atoms with Crippen LogP contribution in [0.15, 0.2) is 29.2 Å². The van der Waals surface area contributed by atoms with E-state index in [1.165, 1.54) is 12.0 Å². The van der Waals surface area contributed by atoms with E-state index < -0.39 is 17.9 Å². The Kier molecular flexibility index (Phi) is 3.91. The molecule has 1 N–H and O–H groups in total. The second kappa shape index (κ2) is 5.44. The van der Waals surface area contributed by atoms with Gasteiger partial charge < -0.3 is 9.84 Å². The minimum absolute atomic E-state index is 0.103. The van der Waals surface area contributed by atoms with E-state index in [0.29, 0.717) is 6.42 Å². The summed E-state index contributed by atoms with van der Waals surface area (Å²) in [6, 6.07) is 7.92. The molecule has 0 spiro atoms. The summed E-state index contributed by atoms with van der Waals surface area (Å²) in [7, 11) is 1.22. The lowest BCUT2D eigenvalue weighted by atomic mass is 9.90. The van der Waals surface area contributed by atoms with Gasteiger partial charge >= 0.3 is 11.9 Å². The highest BCUT2D eigenvalue weighted by Gasteiger charge is 2.33. The van der Waals surface area contributed by atoms with Crippen LogP contribution in [0.1, 0.15) is 17.9 Å². The second-order valence-corrected chi connectivity index (χ2v) is 5.26. The lowest BCUT2D eigenvalue weighted by Gasteiger charge is -2.15. The number of carbonyl (C=O) groups excluding carboxylic acids is 1. The molecule has 0 aromatic heterocycles. The number of hydrogen-bond donors (Lipinski definition) is 1. The van der Waals surface area contributed by atoms with Crippen molar-refractivity contribution >= 4 is 23.7 Å². The van der Waals surface area contributed by atoms with Crippen LogP contribution in [-0.4, -0.2) is 29.9 Å². The Bertz CT molecular complexity index is 472. The van der Waals surface area contributed by atoms with E-state index >= 15 is 0 Å². The zero-order valence-electron chi connectivity index (χ0n) is 9.96. The fourth-order valence-corrected chi connectivity index (χ4v) is 3.42. The van der Waals surface area contributed by atoms with Crippen molar-refractivity contribution in [2.75, 3.05) is 12.9 Å². The van der Waals surface area contributed by atoms with Crippen LogP contribution in [0, 0.1) is 5.92 Å². The van der Waals surface area contributed by atoms with Crippen LogP contribution < -0.4 is 0 Å². The molecule has 0 radical (unpaired) electrons. The maximum absolute atomic E-state index is 11.4. The predicted octanol–water partition coefficient (Wildman–Crippen LogP) is 2.14. The summed E-state index contributed by atoms with van der Waals surface area (Å²) >= 11 is 1.70. The first-order valence-corrected chi connectivity index (χ1v) is 6.64.